The summed E-state index contributed by atoms with van der Waals surface area (Å²) in [6.45, 7) is 0. The molecule has 0 fully saturated rings. The summed E-state index contributed by atoms with van der Waals surface area (Å²) in [6, 6.07) is 33.9. The first-order valence-electron chi connectivity index (χ1n) is 13.1. The van der Waals surface area contributed by atoms with E-state index in [0.717, 1.165) is 55.1 Å². The van der Waals surface area contributed by atoms with Crippen LogP contribution in [0.25, 0.3) is 71.9 Å². The number of para-hydroxylation sites is 1. The Morgan fingerprint density at radius 3 is 2.15 bits per heavy atom. The summed E-state index contributed by atoms with van der Waals surface area (Å²) in [7, 11) is 0. The van der Waals surface area contributed by atoms with E-state index in [2.05, 4.69) is 16.0 Å². The number of aromatic nitrogens is 3. The lowest BCUT2D eigenvalue weighted by Gasteiger charge is -2.12. The molecule has 0 saturated heterocycles. The normalized spacial score (nSPS) is 11.8. The third-order valence-corrected chi connectivity index (χ3v) is 7.78. The van der Waals surface area contributed by atoms with Crippen molar-refractivity contribution in [2.45, 2.75) is 0 Å². The summed E-state index contributed by atoms with van der Waals surface area (Å²) < 4.78 is 33.4. The SMILES string of the molecule is Fc1cc(-c2c3ccc[nH]c-3c3ccccc23)ccc1-c1ccc(-n2c3ccccc3c3ncccc32)cc1F. The number of aromatic amines is 1. The molecule has 1 aliphatic carbocycles. The van der Waals surface area contributed by atoms with Crippen LogP contribution in [0.4, 0.5) is 8.78 Å². The molecule has 0 bridgehead atoms. The molecular weight excluding hydrogens is 500 g/mol. The van der Waals surface area contributed by atoms with Gasteiger partial charge in [0.1, 0.15) is 11.6 Å². The molecule has 0 radical (unpaired) electrons. The number of fused-ring (bicyclic) bond motifs is 6. The van der Waals surface area contributed by atoms with Crippen LogP contribution in [0, 0.1) is 11.6 Å². The highest BCUT2D eigenvalue weighted by atomic mass is 19.1. The van der Waals surface area contributed by atoms with E-state index in [-0.39, 0.29) is 11.1 Å². The molecule has 190 valence electrons. The average Bonchev–Trinajstić information content (AvgIpc) is 3.51. The van der Waals surface area contributed by atoms with Crippen molar-refractivity contribution in [1.82, 2.24) is 14.5 Å². The van der Waals surface area contributed by atoms with Crippen molar-refractivity contribution in [3.05, 3.63) is 133 Å². The van der Waals surface area contributed by atoms with Crippen molar-refractivity contribution in [3.8, 4) is 39.2 Å². The van der Waals surface area contributed by atoms with Gasteiger partial charge in [0.15, 0.2) is 0 Å². The van der Waals surface area contributed by atoms with Crippen LogP contribution in [0.1, 0.15) is 0 Å². The van der Waals surface area contributed by atoms with Crippen molar-refractivity contribution >= 4 is 32.7 Å². The molecule has 5 heteroatoms. The molecule has 0 saturated carbocycles. The lowest BCUT2D eigenvalue weighted by molar-refractivity contribution is 0.616. The lowest BCUT2D eigenvalue weighted by atomic mass is 9.97. The van der Waals surface area contributed by atoms with Gasteiger partial charge in [-0.2, -0.15) is 0 Å². The van der Waals surface area contributed by atoms with E-state index in [0.29, 0.717) is 5.69 Å². The molecule has 1 aliphatic heterocycles. The maximum Gasteiger partial charge on any atom is 0.133 e. The standard InChI is InChI=1S/C35H21F2N3/c36-29-19-21(33-25-7-1-2-8-26(25)34-28(33)10-5-17-38-34)13-15-23(29)24-16-14-22(20-30(24)37)40-31-11-4-3-9-27(31)35-32(40)12-6-18-39-35/h1-20,38H. The lowest BCUT2D eigenvalue weighted by Crippen LogP contribution is -1.97. The quantitative estimate of drug-likeness (QED) is 0.247. The molecule has 40 heavy (non-hydrogen) atoms. The number of nitrogens with zero attached hydrogens (tertiary/aromatic N) is 2. The maximum atomic E-state index is 15.7. The van der Waals surface area contributed by atoms with Crippen LogP contribution in [0.2, 0.25) is 0 Å². The zero-order chi connectivity index (χ0) is 26.8. The van der Waals surface area contributed by atoms with E-state index in [1.165, 1.54) is 12.1 Å². The van der Waals surface area contributed by atoms with Crippen LogP contribution in [0.5, 0.6) is 0 Å². The molecule has 2 aliphatic rings. The number of rotatable bonds is 3. The Morgan fingerprint density at radius 1 is 0.600 bits per heavy atom. The van der Waals surface area contributed by atoms with Gasteiger partial charge >= 0.3 is 0 Å². The molecule has 0 amide bonds. The number of pyridine rings is 2. The predicted octanol–water partition coefficient (Wildman–Crippen LogP) is 9.38. The van der Waals surface area contributed by atoms with E-state index in [4.69, 9.17) is 0 Å². The fourth-order valence-corrected chi connectivity index (χ4v) is 6.06. The first-order valence-corrected chi connectivity index (χ1v) is 13.1. The smallest absolute Gasteiger partial charge is 0.133 e. The molecule has 4 aromatic carbocycles. The van der Waals surface area contributed by atoms with Gasteiger partial charge in [0.05, 0.1) is 22.2 Å². The van der Waals surface area contributed by atoms with Gasteiger partial charge in [-0.25, -0.2) is 8.78 Å². The molecule has 0 unspecified atom stereocenters. The summed E-state index contributed by atoms with van der Waals surface area (Å²) in [4.78, 5) is 7.89. The summed E-state index contributed by atoms with van der Waals surface area (Å²) >= 11 is 0. The Hall–Kier alpha value is -5.29. The Kier molecular flexibility index (Phi) is 4.88. The second-order valence-corrected chi connectivity index (χ2v) is 9.96. The van der Waals surface area contributed by atoms with E-state index in [1.54, 1.807) is 18.3 Å². The van der Waals surface area contributed by atoms with Crippen LogP contribution < -0.4 is 0 Å². The highest BCUT2D eigenvalue weighted by molar-refractivity contribution is 6.13. The molecule has 1 N–H and O–H groups in total. The third kappa shape index (κ3) is 3.24. The van der Waals surface area contributed by atoms with Crippen molar-refractivity contribution in [2.75, 3.05) is 0 Å². The monoisotopic (exact) mass is 521 g/mol. The number of halogens is 2. The number of benzene rings is 4. The van der Waals surface area contributed by atoms with Crippen LogP contribution in [0.15, 0.2) is 122 Å². The summed E-state index contributed by atoms with van der Waals surface area (Å²) in [5.41, 5.74) is 7.53. The van der Waals surface area contributed by atoms with Crippen molar-refractivity contribution in [1.29, 1.82) is 0 Å². The molecule has 3 nitrogen and oxygen atoms in total. The Bertz CT molecular complexity index is 2150. The van der Waals surface area contributed by atoms with Gasteiger partial charge < -0.3 is 9.55 Å². The van der Waals surface area contributed by atoms with Gasteiger partial charge in [-0.1, -0.05) is 60.7 Å². The van der Waals surface area contributed by atoms with Gasteiger partial charge in [-0.15, -0.1) is 0 Å². The Balaban J connectivity index is 1.24. The molecule has 3 heterocycles. The highest BCUT2D eigenvalue weighted by Crippen LogP contribution is 2.44. The fourth-order valence-electron chi connectivity index (χ4n) is 6.06. The van der Waals surface area contributed by atoms with Crippen LogP contribution in [-0.4, -0.2) is 14.5 Å². The van der Waals surface area contributed by atoms with Gasteiger partial charge in [-0.3, -0.25) is 4.98 Å². The maximum absolute atomic E-state index is 15.7. The van der Waals surface area contributed by atoms with E-state index in [9.17, 15) is 0 Å². The number of hydrogen-bond donors (Lipinski definition) is 1. The second-order valence-electron chi connectivity index (χ2n) is 9.96. The van der Waals surface area contributed by atoms with Gasteiger partial charge in [0.2, 0.25) is 0 Å². The van der Waals surface area contributed by atoms with E-state index >= 15 is 8.78 Å². The first kappa shape index (κ1) is 22.7. The molecule has 6 aromatic rings. The van der Waals surface area contributed by atoms with Crippen LogP contribution in [0.3, 0.4) is 0 Å². The van der Waals surface area contributed by atoms with Crippen molar-refractivity contribution in [2.24, 2.45) is 0 Å². The molecule has 0 atom stereocenters. The van der Waals surface area contributed by atoms with Crippen molar-refractivity contribution < 1.29 is 8.78 Å². The topological polar surface area (TPSA) is 33.6 Å². The minimum Gasteiger partial charge on any atom is -0.361 e. The Morgan fingerprint density at radius 2 is 1.32 bits per heavy atom. The van der Waals surface area contributed by atoms with Gasteiger partial charge in [0, 0.05) is 45.5 Å². The van der Waals surface area contributed by atoms with Crippen LogP contribution in [-0.2, 0) is 0 Å². The zero-order valence-corrected chi connectivity index (χ0v) is 21.2. The second kappa shape index (κ2) is 8.61. The molecule has 0 spiro atoms. The van der Waals surface area contributed by atoms with Gasteiger partial charge in [0.25, 0.3) is 0 Å². The molecule has 8 rings (SSSR count). The number of H-pyrrole nitrogens is 1. The first-order chi connectivity index (χ1) is 19.7. The Labute approximate surface area is 228 Å². The average molecular weight is 522 g/mol. The zero-order valence-electron chi connectivity index (χ0n) is 21.2. The third-order valence-electron chi connectivity index (χ3n) is 7.78. The minimum atomic E-state index is -0.488. The summed E-state index contributed by atoms with van der Waals surface area (Å²) in [5.74, 6) is -0.957. The van der Waals surface area contributed by atoms with Crippen LogP contribution >= 0.6 is 0 Å². The van der Waals surface area contributed by atoms with Crippen molar-refractivity contribution in [3.63, 3.8) is 0 Å². The predicted molar refractivity (Wildman–Crippen MR) is 158 cm³/mol. The summed E-state index contributed by atoms with van der Waals surface area (Å²) in [5, 5.41) is 3.12. The van der Waals surface area contributed by atoms with Gasteiger partial charge in [-0.05, 0) is 65.0 Å². The van der Waals surface area contributed by atoms with E-state index in [1.807, 2.05) is 89.6 Å². The number of nitrogens with one attached hydrogen (secondary N) is 1. The minimum absolute atomic E-state index is 0.220. The molecular formula is C35H21F2N3. The van der Waals surface area contributed by atoms with E-state index < -0.39 is 11.6 Å². The number of hydrogen-bond acceptors (Lipinski definition) is 1. The summed E-state index contributed by atoms with van der Waals surface area (Å²) in [6.07, 6.45) is 3.65. The highest BCUT2D eigenvalue weighted by Gasteiger charge is 2.21. The molecule has 2 aromatic heterocycles. The largest absolute Gasteiger partial charge is 0.361 e. The fraction of sp³-hybridized carbons (Fsp3) is 0.